The van der Waals surface area contributed by atoms with Crippen molar-refractivity contribution in [2.75, 3.05) is 13.1 Å². The molecule has 1 aromatic heterocycles. The molecule has 2 heterocycles. The van der Waals surface area contributed by atoms with Gasteiger partial charge in [0, 0.05) is 13.1 Å². The number of aromatic nitrogens is 2. The van der Waals surface area contributed by atoms with Crippen LogP contribution in [0, 0.1) is 0 Å². The first kappa shape index (κ1) is 8.75. The van der Waals surface area contributed by atoms with Crippen molar-refractivity contribution in [2.24, 2.45) is 0 Å². The number of aryl methyl sites for hydroxylation is 1. The quantitative estimate of drug-likeness (QED) is 0.743. The molecule has 1 aromatic rings. The molecule has 0 bridgehead atoms. The highest BCUT2D eigenvalue weighted by molar-refractivity contribution is 5.27. The Bertz CT molecular complexity index is 290. The summed E-state index contributed by atoms with van der Waals surface area (Å²) in [5.74, 6) is 0. The van der Waals surface area contributed by atoms with Crippen LogP contribution < -0.4 is 0 Å². The molecule has 0 atom stereocenters. The van der Waals surface area contributed by atoms with Crippen molar-refractivity contribution in [1.29, 1.82) is 0 Å². The molecular formula is C10H17N3. The van der Waals surface area contributed by atoms with Gasteiger partial charge in [0.25, 0.3) is 0 Å². The van der Waals surface area contributed by atoms with Gasteiger partial charge in [-0.1, -0.05) is 13.8 Å². The second-order valence-corrected chi connectivity index (χ2v) is 3.60. The van der Waals surface area contributed by atoms with Crippen molar-refractivity contribution in [1.82, 2.24) is 15.1 Å². The van der Waals surface area contributed by atoms with E-state index in [-0.39, 0.29) is 0 Å². The molecule has 13 heavy (non-hydrogen) atoms. The Morgan fingerprint density at radius 2 is 2.31 bits per heavy atom. The lowest BCUT2D eigenvalue weighted by Crippen LogP contribution is -2.30. The molecule has 1 aliphatic rings. The van der Waals surface area contributed by atoms with E-state index in [1.54, 1.807) is 0 Å². The Balaban J connectivity index is 2.22. The SMILES string of the molecule is CCc1n[nH]c2c1CCN(CC)C2. The molecule has 3 nitrogen and oxygen atoms in total. The highest BCUT2D eigenvalue weighted by Gasteiger charge is 2.19. The highest BCUT2D eigenvalue weighted by Crippen LogP contribution is 2.19. The minimum atomic E-state index is 1.05. The van der Waals surface area contributed by atoms with Crippen LogP contribution >= 0.6 is 0 Å². The second kappa shape index (κ2) is 3.50. The molecule has 0 fully saturated rings. The lowest BCUT2D eigenvalue weighted by molar-refractivity contribution is 0.264. The van der Waals surface area contributed by atoms with Gasteiger partial charge in [-0.2, -0.15) is 5.10 Å². The zero-order valence-electron chi connectivity index (χ0n) is 8.43. The monoisotopic (exact) mass is 179 g/mol. The summed E-state index contributed by atoms with van der Waals surface area (Å²) in [7, 11) is 0. The molecule has 0 saturated carbocycles. The van der Waals surface area contributed by atoms with E-state index in [0.29, 0.717) is 0 Å². The molecule has 0 unspecified atom stereocenters. The maximum atomic E-state index is 4.33. The summed E-state index contributed by atoms with van der Waals surface area (Å²) in [6.07, 6.45) is 2.22. The molecule has 0 aliphatic carbocycles. The maximum Gasteiger partial charge on any atom is 0.0655 e. The fraction of sp³-hybridized carbons (Fsp3) is 0.700. The van der Waals surface area contributed by atoms with E-state index in [9.17, 15) is 0 Å². The Morgan fingerprint density at radius 3 is 3.00 bits per heavy atom. The minimum absolute atomic E-state index is 1.05. The molecule has 0 saturated heterocycles. The van der Waals surface area contributed by atoms with Crippen molar-refractivity contribution >= 4 is 0 Å². The molecule has 3 heteroatoms. The van der Waals surface area contributed by atoms with Gasteiger partial charge in [0.1, 0.15) is 0 Å². The van der Waals surface area contributed by atoms with E-state index >= 15 is 0 Å². The molecule has 2 rings (SSSR count). The number of hydrogen-bond acceptors (Lipinski definition) is 2. The van der Waals surface area contributed by atoms with Crippen molar-refractivity contribution in [3.05, 3.63) is 17.0 Å². The van der Waals surface area contributed by atoms with Crippen molar-refractivity contribution in [3.63, 3.8) is 0 Å². The summed E-state index contributed by atoms with van der Waals surface area (Å²) < 4.78 is 0. The van der Waals surface area contributed by atoms with Gasteiger partial charge < -0.3 is 0 Å². The third kappa shape index (κ3) is 1.48. The minimum Gasteiger partial charge on any atom is -0.297 e. The average molecular weight is 179 g/mol. The van der Waals surface area contributed by atoms with Crippen LogP contribution in [0.3, 0.4) is 0 Å². The first-order valence-corrected chi connectivity index (χ1v) is 5.12. The first-order valence-electron chi connectivity index (χ1n) is 5.12. The van der Waals surface area contributed by atoms with Gasteiger partial charge in [0.2, 0.25) is 0 Å². The third-order valence-corrected chi connectivity index (χ3v) is 2.88. The predicted molar refractivity (Wildman–Crippen MR) is 52.6 cm³/mol. The van der Waals surface area contributed by atoms with Gasteiger partial charge in [-0.3, -0.25) is 10.00 Å². The smallest absolute Gasteiger partial charge is 0.0655 e. The number of aromatic amines is 1. The van der Waals surface area contributed by atoms with Gasteiger partial charge in [0.15, 0.2) is 0 Å². The Labute approximate surface area is 79.1 Å². The van der Waals surface area contributed by atoms with E-state index in [2.05, 4.69) is 28.9 Å². The lowest BCUT2D eigenvalue weighted by atomic mass is 10.0. The van der Waals surface area contributed by atoms with Crippen molar-refractivity contribution in [2.45, 2.75) is 33.2 Å². The van der Waals surface area contributed by atoms with E-state index in [1.807, 2.05) is 0 Å². The van der Waals surface area contributed by atoms with Gasteiger partial charge in [0.05, 0.1) is 11.4 Å². The highest BCUT2D eigenvalue weighted by atomic mass is 15.2. The van der Waals surface area contributed by atoms with Crippen LogP contribution in [0.4, 0.5) is 0 Å². The van der Waals surface area contributed by atoms with Crippen LogP contribution in [0.15, 0.2) is 0 Å². The van der Waals surface area contributed by atoms with Gasteiger partial charge in [-0.25, -0.2) is 0 Å². The zero-order valence-corrected chi connectivity index (χ0v) is 8.43. The molecule has 0 radical (unpaired) electrons. The van der Waals surface area contributed by atoms with E-state index < -0.39 is 0 Å². The molecule has 0 spiro atoms. The number of likely N-dealkylation sites (N-methyl/N-ethyl adjacent to an activating group) is 1. The van der Waals surface area contributed by atoms with Crippen LogP contribution in [0.1, 0.15) is 30.8 Å². The molecular weight excluding hydrogens is 162 g/mol. The summed E-state index contributed by atoms with van der Waals surface area (Å²) >= 11 is 0. The van der Waals surface area contributed by atoms with Crippen LogP contribution in [0.2, 0.25) is 0 Å². The number of hydrogen-bond donors (Lipinski definition) is 1. The molecule has 0 aromatic carbocycles. The first-order chi connectivity index (χ1) is 6.35. The Kier molecular flexibility index (Phi) is 2.36. The van der Waals surface area contributed by atoms with E-state index in [1.165, 1.54) is 29.9 Å². The number of H-pyrrole nitrogens is 1. The summed E-state index contributed by atoms with van der Waals surface area (Å²) in [6, 6.07) is 0. The summed E-state index contributed by atoms with van der Waals surface area (Å²) in [6.45, 7) is 7.76. The average Bonchev–Trinajstić information content (AvgIpc) is 2.59. The van der Waals surface area contributed by atoms with Crippen molar-refractivity contribution in [3.8, 4) is 0 Å². The van der Waals surface area contributed by atoms with E-state index in [4.69, 9.17) is 0 Å². The van der Waals surface area contributed by atoms with E-state index in [0.717, 1.165) is 19.5 Å². The Morgan fingerprint density at radius 1 is 1.46 bits per heavy atom. The van der Waals surface area contributed by atoms with Crippen LogP contribution in [0.25, 0.3) is 0 Å². The number of nitrogens with zero attached hydrogens (tertiary/aromatic N) is 2. The Hall–Kier alpha value is -0.830. The van der Waals surface area contributed by atoms with Crippen molar-refractivity contribution < 1.29 is 0 Å². The number of fused-ring (bicyclic) bond motifs is 1. The molecule has 0 amide bonds. The topological polar surface area (TPSA) is 31.9 Å². The van der Waals surface area contributed by atoms with Gasteiger partial charge in [-0.05, 0) is 24.9 Å². The van der Waals surface area contributed by atoms with Crippen LogP contribution in [0.5, 0.6) is 0 Å². The maximum absolute atomic E-state index is 4.33. The lowest BCUT2D eigenvalue weighted by Gasteiger charge is -2.24. The molecule has 1 N–H and O–H groups in total. The summed E-state index contributed by atoms with van der Waals surface area (Å²) in [5, 5.41) is 7.48. The molecule has 72 valence electrons. The van der Waals surface area contributed by atoms with Crippen LogP contribution in [-0.2, 0) is 19.4 Å². The van der Waals surface area contributed by atoms with Crippen LogP contribution in [-0.4, -0.2) is 28.2 Å². The molecule has 1 aliphatic heterocycles. The number of rotatable bonds is 2. The largest absolute Gasteiger partial charge is 0.297 e. The summed E-state index contributed by atoms with van der Waals surface area (Å²) in [4.78, 5) is 2.44. The summed E-state index contributed by atoms with van der Waals surface area (Å²) in [5.41, 5.74) is 4.09. The van der Waals surface area contributed by atoms with Gasteiger partial charge >= 0.3 is 0 Å². The predicted octanol–water partition coefficient (Wildman–Crippen LogP) is 1.35. The number of nitrogens with one attached hydrogen (secondary N) is 1. The fourth-order valence-corrected chi connectivity index (χ4v) is 2.00. The fourth-order valence-electron chi connectivity index (χ4n) is 2.00. The standard InChI is InChI=1S/C10H17N3/c1-3-9-8-5-6-13(4-2)7-10(8)12-11-9/h3-7H2,1-2H3,(H,11,12). The van der Waals surface area contributed by atoms with Gasteiger partial charge in [-0.15, -0.1) is 0 Å². The normalized spacial score (nSPS) is 17.4. The second-order valence-electron chi connectivity index (χ2n) is 3.60. The zero-order chi connectivity index (χ0) is 9.26. The third-order valence-electron chi connectivity index (χ3n) is 2.88.